The number of carbonyl (C=O) groups excluding carboxylic acids is 1. The minimum absolute atomic E-state index is 0.334. The molecule has 0 saturated carbocycles. The monoisotopic (exact) mass is 424 g/mol. The van der Waals surface area contributed by atoms with E-state index < -0.39 is 0 Å². The van der Waals surface area contributed by atoms with Crippen molar-refractivity contribution in [3.05, 3.63) is 62.5 Å². The van der Waals surface area contributed by atoms with Crippen LogP contribution < -0.4 is 5.43 Å². The van der Waals surface area contributed by atoms with Crippen LogP contribution in [0.5, 0.6) is 0 Å². The fourth-order valence-corrected chi connectivity index (χ4v) is 2.42. The predicted octanol–water partition coefficient (Wildman–Crippen LogP) is 4.83. The highest BCUT2D eigenvalue weighted by Gasteiger charge is 2.08. The van der Waals surface area contributed by atoms with E-state index in [2.05, 4.69) is 42.4 Å². The SMILES string of the molecule is CCOC(=O)c1ccc(/C=N\Nc2ccc(Br)cc2)c(Br)c1. The van der Waals surface area contributed by atoms with Crippen LogP contribution in [0.15, 0.2) is 56.5 Å². The lowest BCUT2D eigenvalue weighted by atomic mass is 10.1. The molecular weight excluding hydrogens is 412 g/mol. The molecule has 22 heavy (non-hydrogen) atoms. The third kappa shape index (κ3) is 4.68. The van der Waals surface area contributed by atoms with Gasteiger partial charge in [-0.25, -0.2) is 4.79 Å². The van der Waals surface area contributed by atoms with Crippen molar-refractivity contribution in [1.29, 1.82) is 0 Å². The Morgan fingerprint density at radius 1 is 1.23 bits per heavy atom. The van der Waals surface area contributed by atoms with Crippen LogP contribution in [0.3, 0.4) is 0 Å². The number of nitrogens with zero attached hydrogens (tertiary/aromatic N) is 1. The van der Waals surface area contributed by atoms with Gasteiger partial charge in [0.1, 0.15) is 0 Å². The second-order valence-corrected chi connectivity index (χ2v) is 6.10. The second-order valence-electron chi connectivity index (χ2n) is 4.33. The van der Waals surface area contributed by atoms with E-state index in [9.17, 15) is 4.79 Å². The zero-order chi connectivity index (χ0) is 15.9. The van der Waals surface area contributed by atoms with Crippen LogP contribution >= 0.6 is 31.9 Å². The van der Waals surface area contributed by atoms with E-state index in [0.717, 1.165) is 20.2 Å². The molecule has 0 aliphatic carbocycles. The van der Waals surface area contributed by atoms with Gasteiger partial charge in [0.05, 0.1) is 24.1 Å². The molecule has 2 aromatic rings. The van der Waals surface area contributed by atoms with Crippen LogP contribution in [0.2, 0.25) is 0 Å². The standard InChI is InChI=1S/C16H14Br2N2O2/c1-2-22-16(21)11-3-4-12(15(18)9-11)10-19-20-14-7-5-13(17)6-8-14/h3-10,20H,2H2,1H3/b19-10-. The van der Waals surface area contributed by atoms with E-state index >= 15 is 0 Å². The van der Waals surface area contributed by atoms with Crippen LogP contribution in [-0.2, 0) is 4.74 Å². The van der Waals surface area contributed by atoms with Gasteiger partial charge in [-0.1, -0.05) is 37.9 Å². The van der Waals surface area contributed by atoms with Crippen molar-refractivity contribution in [2.45, 2.75) is 6.92 Å². The molecule has 0 radical (unpaired) electrons. The first kappa shape index (κ1) is 16.7. The number of hydrogen-bond donors (Lipinski definition) is 1. The van der Waals surface area contributed by atoms with Gasteiger partial charge in [-0.15, -0.1) is 0 Å². The van der Waals surface area contributed by atoms with E-state index in [1.807, 2.05) is 30.3 Å². The van der Waals surface area contributed by atoms with E-state index in [1.54, 1.807) is 25.3 Å². The molecular formula is C16H14Br2N2O2. The molecule has 0 aromatic heterocycles. The van der Waals surface area contributed by atoms with Gasteiger partial charge in [0.2, 0.25) is 0 Å². The number of esters is 1. The van der Waals surface area contributed by atoms with Gasteiger partial charge >= 0.3 is 5.97 Å². The Kier molecular flexibility index (Phi) is 6.15. The fraction of sp³-hybridized carbons (Fsp3) is 0.125. The molecule has 2 aromatic carbocycles. The summed E-state index contributed by atoms with van der Waals surface area (Å²) in [5, 5.41) is 4.18. The van der Waals surface area contributed by atoms with Crippen LogP contribution in [0.4, 0.5) is 5.69 Å². The number of halogens is 2. The number of nitrogens with one attached hydrogen (secondary N) is 1. The number of hydrogen-bond acceptors (Lipinski definition) is 4. The molecule has 6 heteroatoms. The van der Waals surface area contributed by atoms with E-state index in [1.165, 1.54) is 0 Å². The Labute approximate surface area is 145 Å². The lowest BCUT2D eigenvalue weighted by molar-refractivity contribution is 0.0526. The number of anilines is 1. The first-order chi connectivity index (χ1) is 10.6. The van der Waals surface area contributed by atoms with Gasteiger partial charge in [0.15, 0.2) is 0 Å². The smallest absolute Gasteiger partial charge is 0.338 e. The maximum atomic E-state index is 11.6. The van der Waals surface area contributed by atoms with Gasteiger partial charge in [0, 0.05) is 14.5 Å². The quantitative estimate of drug-likeness (QED) is 0.423. The number of rotatable bonds is 5. The maximum Gasteiger partial charge on any atom is 0.338 e. The Hall–Kier alpha value is -1.66. The molecule has 1 N–H and O–H groups in total. The highest BCUT2D eigenvalue weighted by atomic mass is 79.9. The number of carbonyl (C=O) groups is 1. The summed E-state index contributed by atoms with van der Waals surface area (Å²) in [7, 11) is 0. The Bertz CT molecular complexity index is 685. The summed E-state index contributed by atoms with van der Waals surface area (Å²) < 4.78 is 6.75. The highest BCUT2D eigenvalue weighted by Crippen LogP contribution is 2.18. The van der Waals surface area contributed by atoms with Gasteiger partial charge in [-0.2, -0.15) is 5.10 Å². The van der Waals surface area contributed by atoms with Crippen LogP contribution in [-0.4, -0.2) is 18.8 Å². The number of ether oxygens (including phenoxy) is 1. The fourth-order valence-electron chi connectivity index (χ4n) is 1.67. The Morgan fingerprint density at radius 3 is 2.59 bits per heavy atom. The van der Waals surface area contributed by atoms with E-state index in [4.69, 9.17) is 4.74 Å². The number of benzene rings is 2. The summed E-state index contributed by atoms with van der Waals surface area (Å²) in [6.07, 6.45) is 1.68. The number of hydrazone groups is 1. The molecule has 0 fully saturated rings. The van der Waals surface area contributed by atoms with Gasteiger partial charge in [-0.05, 0) is 43.3 Å². The molecule has 0 heterocycles. The molecule has 0 saturated heterocycles. The molecule has 0 amide bonds. The van der Waals surface area contributed by atoms with Crippen LogP contribution in [0.25, 0.3) is 0 Å². The van der Waals surface area contributed by atoms with Gasteiger partial charge < -0.3 is 4.74 Å². The summed E-state index contributed by atoms with van der Waals surface area (Å²) in [6, 6.07) is 12.9. The highest BCUT2D eigenvalue weighted by molar-refractivity contribution is 9.10. The normalized spacial score (nSPS) is 10.7. The maximum absolute atomic E-state index is 11.6. The minimum atomic E-state index is -0.334. The Balaban J connectivity index is 2.05. The van der Waals surface area contributed by atoms with Crippen molar-refractivity contribution < 1.29 is 9.53 Å². The third-order valence-electron chi connectivity index (χ3n) is 2.75. The van der Waals surface area contributed by atoms with Gasteiger partial charge in [0.25, 0.3) is 0 Å². The average Bonchev–Trinajstić information content (AvgIpc) is 2.51. The first-order valence-corrected chi connectivity index (χ1v) is 8.20. The minimum Gasteiger partial charge on any atom is -0.462 e. The third-order valence-corrected chi connectivity index (χ3v) is 3.97. The molecule has 114 valence electrons. The summed E-state index contributed by atoms with van der Waals surface area (Å²) in [5.41, 5.74) is 5.19. The second kappa shape index (κ2) is 8.10. The molecule has 0 aliphatic rings. The lowest BCUT2D eigenvalue weighted by Crippen LogP contribution is -2.04. The van der Waals surface area contributed by atoms with E-state index in [0.29, 0.717) is 12.2 Å². The molecule has 0 spiro atoms. The van der Waals surface area contributed by atoms with Crippen molar-refractivity contribution in [2.75, 3.05) is 12.0 Å². The molecule has 0 bridgehead atoms. The Morgan fingerprint density at radius 2 is 1.95 bits per heavy atom. The van der Waals surface area contributed by atoms with Crippen molar-refractivity contribution in [3.63, 3.8) is 0 Å². The van der Waals surface area contributed by atoms with Crippen molar-refractivity contribution >= 4 is 49.7 Å². The average molecular weight is 426 g/mol. The first-order valence-electron chi connectivity index (χ1n) is 6.61. The molecule has 0 aliphatic heterocycles. The summed E-state index contributed by atoms with van der Waals surface area (Å²) in [4.78, 5) is 11.6. The molecule has 0 unspecified atom stereocenters. The largest absolute Gasteiger partial charge is 0.462 e. The van der Waals surface area contributed by atoms with E-state index in [-0.39, 0.29) is 5.97 Å². The van der Waals surface area contributed by atoms with Gasteiger partial charge in [-0.3, -0.25) is 5.43 Å². The predicted molar refractivity (Wildman–Crippen MR) is 95.5 cm³/mol. The summed E-state index contributed by atoms with van der Waals surface area (Å²) >= 11 is 6.81. The van der Waals surface area contributed by atoms with Crippen LogP contribution in [0, 0.1) is 0 Å². The topological polar surface area (TPSA) is 50.7 Å². The van der Waals surface area contributed by atoms with Crippen LogP contribution in [0.1, 0.15) is 22.8 Å². The molecule has 2 rings (SSSR count). The summed E-state index contributed by atoms with van der Waals surface area (Å²) in [6.45, 7) is 2.14. The van der Waals surface area contributed by atoms with Crippen molar-refractivity contribution in [1.82, 2.24) is 0 Å². The zero-order valence-electron chi connectivity index (χ0n) is 11.8. The summed E-state index contributed by atoms with van der Waals surface area (Å²) in [5.74, 6) is -0.334. The zero-order valence-corrected chi connectivity index (χ0v) is 15.0. The van der Waals surface area contributed by atoms with Crippen molar-refractivity contribution in [3.8, 4) is 0 Å². The lowest BCUT2D eigenvalue weighted by Gasteiger charge is -2.04. The molecule has 4 nitrogen and oxygen atoms in total. The molecule has 0 atom stereocenters. The van der Waals surface area contributed by atoms with Crippen molar-refractivity contribution in [2.24, 2.45) is 5.10 Å².